The second-order valence-electron chi connectivity index (χ2n) is 6.00. The molecule has 4 aromatic rings. The fraction of sp³-hybridized carbons (Fsp3) is 0.143. The van der Waals surface area contributed by atoms with Crippen LogP contribution in [0.25, 0.3) is 21.8 Å². The van der Waals surface area contributed by atoms with E-state index in [0.29, 0.717) is 23.9 Å². The zero-order valence-electron chi connectivity index (χ0n) is 13.8. The average molecular weight is 351 g/mol. The van der Waals surface area contributed by atoms with E-state index in [-0.39, 0.29) is 0 Å². The summed E-state index contributed by atoms with van der Waals surface area (Å²) in [5.41, 5.74) is 9.15. The summed E-state index contributed by atoms with van der Waals surface area (Å²) in [6, 6.07) is 22.8. The lowest BCUT2D eigenvalue weighted by Crippen LogP contribution is -2.11. The Labute approximate surface area is 151 Å². The maximum absolute atomic E-state index is 6.43. The van der Waals surface area contributed by atoms with Crippen molar-refractivity contribution in [3.63, 3.8) is 0 Å². The lowest BCUT2D eigenvalue weighted by Gasteiger charge is -2.10. The molecule has 0 amide bonds. The number of fused-ring (bicyclic) bond motifs is 3. The van der Waals surface area contributed by atoms with Gasteiger partial charge in [-0.25, -0.2) is 0 Å². The average Bonchev–Trinajstić information content (AvgIpc) is 2.96. The Hall–Kier alpha value is -2.49. The summed E-state index contributed by atoms with van der Waals surface area (Å²) in [6.07, 6.45) is 0. The number of aromatic nitrogens is 1. The van der Waals surface area contributed by atoms with Crippen LogP contribution in [-0.2, 0) is 6.54 Å². The molecule has 2 N–H and O–H groups in total. The van der Waals surface area contributed by atoms with Crippen molar-refractivity contribution in [1.29, 1.82) is 0 Å². The zero-order chi connectivity index (χ0) is 17.2. The molecule has 4 heteroatoms. The van der Waals surface area contributed by atoms with Gasteiger partial charge in [0.25, 0.3) is 0 Å². The quantitative estimate of drug-likeness (QED) is 0.559. The molecule has 25 heavy (non-hydrogen) atoms. The van der Waals surface area contributed by atoms with Gasteiger partial charge in [0.15, 0.2) is 0 Å². The van der Waals surface area contributed by atoms with Crippen molar-refractivity contribution in [2.24, 2.45) is 5.73 Å². The second kappa shape index (κ2) is 6.79. The molecule has 4 rings (SSSR count). The normalized spacial score (nSPS) is 11.3. The van der Waals surface area contributed by atoms with E-state index in [1.807, 2.05) is 18.2 Å². The topological polar surface area (TPSA) is 40.2 Å². The van der Waals surface area contributed by atoms with Gasteiger partial charge in [0.1, 0.15) is 12.4 Å². The molecule has 0 unspecified atom stereocenters. The van der Waals surface area contributed by atoms with E-state index >= 15 is 0 Å². The first-order chi connectivity index (χ1) is 12.3. The van der Waals surface area contributed by atoms with Crippen LogP contribution < -0.4 is 10.5 Å². The molecule has 0 aliphatic heterocycles. The van der Waals surface area contributed by atoms with E-state index in [1.54, 1.807) is 0 Å². The van der Waals surface area contributed by atoms with Gasteiger partial charge >= 0.3 is 0 Å². The summed E-state index contributed by atoms with van der Waals surface area (Å²) in [5.74, 6) is 0.715. The highest BCUT2D eigenvalue weighted by atomic mass is 35.5. The van der Waals surface area contributed by atoms with E-state index in [9.17, 15) is 0 Å². The van der Waals surface area contributed by atoms with Gasteiger partial charge in [-0.1, -0.05) is 60.1 Å². The van der Waals surface area contributed by atoms with Crippen LogP contribution in [0.3, 0.4) is 0 Å². The van der Waals surface area contributed by atoms with Crippen molar-refractivity contribution in [3.8, 4) is 5.75 Å². The molecule has 126 valence electrons. The second-order valence-corrected chi connectivity index (χ2v) is 6.40. The largest absolute Gasteiger partial charge is 0.490 e. The highest BCUT2D eigenvalue weighted by molar-refractivity contribution is 6.34. The Kier molecular flexibility index (Phi) is 4.35. The minimum atomic E-state index is 0.441. The van der Waals surface area contributed by atoms with Gasteiger partial charge in [0.2, 0.25) is 0 Å². The molecule has 1 aromatic heterocycles. The van der Waals surface area contributed by atoms with E-state index in [1.165, 1.54) is 11.1 Å². The van der Waals surface area contributed by atoms with Crippen LogP contribution in [0.2, 0.25) is 5.02 Å². The number of ether oxygens (including phenoxy) is 1. The molecule has 1 heterocycles. The monoisotopic (exact) mass is 350 g/mol. The smallest absolute Gasteiger partial charge is 0.147 e. The molecule has 0 radical (unpaired) electrons. The first-order valence-electron chi connectivity index (χ1n) is 8.36. The SMILES string of the molecule is NCCOc1c(Cl)ccc2c1c1ccccc1n2Cc1ccccc1. The number of rotatable bonds is 5. The number of hydrogen-bond donors (Lipinski definition) is 1. The number of nitrogens with zero attached hydrogens (tertiary/aromatic N) is 1. The van der Waals surface area contributed by atoms with Crippen LogP contribution in [-0.4, -0.2) is 17.7 Å². The number of benzene rings is 3. The van der Waals surface area contributed by atoms with E-state index in [4.69, 9.17) is 22.1 Å². The van der Waals surface area contributed by atoms with Gasteiger partial charge in [0.05, 0.1) is 15.9 Å². The Balaban J connectivity index is 1.98. The molecule has 0 saturated carbocycles. The van der Waals surface area contributed by atoms with Gasteiger partial charge in [-0.05, 0) is 23.8 Å². The number of para-hydroxylation sites is 1. The van der Waals surface area contributed by atoms with Gasteiger partial charge in [-0.3, -0.25) is 0 Å². The molecule has 0 aliphatic rings. The van der Waals surface area contributed by atoms with Crippen LogP contribution in [0, 0.1) is 0 Å². The van der Waals surface area contributed by atoms with Crippen LogP contribution >= 0.6 is 11.6 Å². The van der Waals surface area contributed by atoms with Gasteiger partial charge in [-0.15, -0.1) is 0 Å². The molecular formula is C21H19ClN2O. The maximum atomic E-state index is 6.43. The summed E-state index contributed by atoms with van der Waals surface area (Å²) < 4.78 is 8.21. The predicted molar refractivity (Wildman–Crippen MR) is 105 cm³/mol. The molecule has 0 aliphatic carbocycles. The van der Waals surface area contributed by atoms with Crippen molar-refractivity contribution in [3.05, 3.63) is 77.3 Å². The van der Waals surface area contributed by atoms with Gasteiger partial charge in [-0.2, -0.15) is 0 Å². The predicted octanol–water partition coefficient (Wildman–Crippen LogP) is 4.83. The van der Waals surface area contributed by atoms with Crippen LogP contribution in [0.5, 0.6) is 5.75 Å². The Morgan fingerprint density at radius 3 is 2.44 bits per heavy atom. The minimum absolute atomic E-state index is 0.441. The standard InChI is InChI=1S/C21H19ClN2O/c22-17-10-11-19-20(21(17)25-13-12-23)16-8-4-5-9-18(16)24(19)14-15-6-2-1-3-7-15/h1-11H,12-14,23H2. The van der Waals surface area contributed by atoms with E-state index in [0.717, 1.165) is 22.8 Å². The lowest BCUT2D eigenvalue weighted by atomic mass is 10.1. The first kappa shape index (κ1) is 16.0. The van der Waals surface area contributed by atoms with Crippen molar-refractivity contribution in [1.82, 2.24) is 4.57 Å². The fourth-order valence-electron chi connectivity index (χ4n) is 3.32. The Morgan fingerprint density at radius 2 is 1.64 bits per heavy atom. The van der Waals surface area contributed by atoms with Crippen molar-refractivity contribution >= 4 is 33.4 Å². The summed E-state index contributed by atoms with van der Waals surface area (Å²) in [7, 11) is 0. The Bertz CT molecular complexity index is 1020. The summed E-state index contributed by atoms with van der Waals surface area (Å²) in [5, 5.41) is 2.80. The van der Waals surface area contributed by atoms with Crippen molar-refractivity contribution in [2.45, 2.75) is 6.54 Å². The zero-order valence-corrected chi connectivity index (χ0v) is 14.5. The molecule has 3 nitrogen and oxygen atoms in total. The molecule has 0 spiro atoms. The summed E-state index contributed by atoms with van der Waals surface area (Å²) >= 11 is 6.43. The first-order valence-corrected chi connectivity index (χ1v) is 8.73. The lowest BCUT2D eigenvalue weighted by molar-refractivity contribution is 0.332. The van der Waals surface area contributed by atoms with Gasteiger partial charge in [0, 0.05) is 24.0 Å². The number of hydrogen-bond acceptors (Lipinski definition) is 2. The number of nitrogens with two attached hydrogens (primary N) is 1. The third-order valence-corrected chi connectivity index (χ3v) is 4.69. The third kappa shape index (κ3) is 2.86. The molecule has 0 bridgehead atoms. The maximum Gasteiger partial charge on any atom is 0.147 e. The van der Waals surface area contributed by atoms with Crippen molar-refractivity contribution in [2.75, 3.05) is 13.2 Å². The molecule has 0 fully saturated rings. The van der Waals surface area contributed by atoms with Crippen LogP contribution in [0.15, 0.2) is 66.7 Å². The number of halogens is 1. The fourth-order valence-corrected chi connectivity index (χ4v) is 3.53. The third-order valence-electron chi connectivity index (χ3n) is 4.39. The van der Waals surface area contributed by atoms with Crippen molar-refractivity contribution < 1.29 is 4.74 Å². The highest BCUT2D eigenvalue weighted by Crippen LogP contribution is 2.40. The Morgan fingerprint density at radius 1 is 0.880 bits per heavy atom. The van der Waals surface area contributed by atoms with E-state index in [2.05, 4.69) is 53.1 Å². The van der Waals surface area contributed by atoms with Gasteiger partial charge < -0.3 is 15.0 Å². The molecule has 0 atom stereocenters. The minimum Gasteiger partial charge on any atom is -0.490 e. The summed E-state index contributed by atoms with van der Waals surface area (Å²) in [4.78, 5) is 0. The molecule has 3 aromatic carbocycles. The van der Waals surface area contributed by atoms with E-state index < -0.39 is 0 Å². The molecular weight excluding hydrogens is 332 g/mol. The molecule has 0 saturated heterocycles. The van der Waals surface area contributed by atoms with Crippen LogP contribution in [0.1, 0.15) is 5.56 Å². The summed E-state index contributed by atoms with van der Waals surface area (Å²) in [6.45, 7) is 1.69. The van der Waals surface area contributed by atoms with Crippen LogP contribution in [0.4, 0.5) is 0 Å². The highest BCUT2D eigenvalue weighted by Gasteiger charge is 2.17.